The molecule has 1 aliphatic rings. The number of benzene rings is 2. The summed E-state index contributed by atoms with van der Waals surface area (Å²) in [6, 6.07) is 18.2. The largest absolute Gasteiger partial charge is 0.340 e. The van der Waals surface area contributed by atoms with Crippen LogP contribution in [-0.2, 0) is 17.8 Å². The number of fused-ring (bicyclic) bond motifs is 1. The third-order valence-corrected chi connectivity index (χ3v) is 5.61. The second-order valence-electron chi connectivity index (χ2n) is 7.41. The van der Waals surface area contributed by atoms with Crippen LogP contribution in [0.4, 0.5) is 0 Å². The highest BCUT2D eigenvalue weighted by molar-refractivity contribution is 5.79. The van der Waals surface area contributed by atoms with Gasteiger partial charge in [0, 0.05) is 24.4 Å². The number of carbonyl (C=O) groups excluding carboxylic acids is 1. The number of rotatable bonds is 6. The van der Waals surface area contributed by atoms with Gasteiger partial charge in [0.1, 0.15) is 0 Å². The molecule has 5 nitrogen and oxygen atoms in total. The van der Waals surface area contributed by atoms with E-state index in [1.54, 1.807) is 10.7 Å². The maximum absolute atomic E-state index is 12.9. The van der Waals surface area contributed by atoms with Gasteiger partial charge in [-0.2, -0.15) is 5.10 Å². The molecular formula is C23H25N3O2. The molecule has 5 heteroatoms. The molecule has 1 unspecified atom stereocenters. The molecule has 0 aliphatic carbocycles. The first-order valence-corrected chi connectivity index (χ1v) is 10.0. The van der Waals surface area contributed by atoms with E-state index in [-0.39, 0.29) is 11.3 Å². The van der Waals surface area contributed by atoms with Crippen LogP contribution in [0.2, 0.25) is 0 Å². The Morgan fingerprint density at radius 2 is 1.86 bits per heavy atom. The molecule has 2 heterocycles. The number of likely N-dealkylation sites (tertiary alicyclic amines) is 1. The topological polar surface area (TPSA) is 55.2 Å². The summed E-state index contributed by atoms with van der Waals surface area (Å²) in [5, 5.41) is 4.88. The molecule has 144 valence electrons. The normalized spacial score (nSPS) is 16.6. The molecule has 0 radical (unpaired) electrons. The lowest BCUT2D eigenvalue weighted by molar-refractivity contribution is -0.132. The zero-order valence-corrected chi connectivity index (χ0v) is 16.0. The summed E-state index contributed by atoms with van der Waals surface area (Å²) in [7, 11) is 0. The van der Waals surface area contributed by atoms with Crippen LogP contribution < -0.4 is 5.43 Å². The van der Waals surface area contributed by atoms with Crippen molar-refractivity contribution in [3.05, 3.63) is 76.6 Å². The second-order valence-corrected chi connectivity index (χ2v) is 7.41. The molecule has 0 bridgehead atoms. The molecule has 1 aliphatic heterocycles. The van der Waals surface area contributed by atoms with Gasteiger partial charge in [-0.1, -0.05) is 42.5 Å². The SMILES string of the molecule is O=C(CCn1ncc(=O)c2ccccc21)N1CCCC1CCc1ccccc1. The van der Waals surface area contributed by atoms with E-state index < -0.39 is 0 Å². The Hall–Kier alpha value is -2.95. The highest BCUT2D eigenvalue weighted by Gasteiger charge is 2.28. The molecule has 0 N–H and O–H groups in total. The third kappa shape index (κ3) is 3.98. The van der Waals surface area contributed by atoms with Gasteiger partial charge < -0.3 is 4.90 Å². The van der Waals surface area contributed by atoms with E-state index in [2.05, 4.69) is 29.4 Å². The van der Waals surface area contributed by atoms with Crippen LogP contribution in [0.1, 0.15) is 31.2 Å². The maximum atomic E-state index is 12.9. The lowest BCUT2D eigenvalue weighted by Crippen LogP contribution is -2.36. The number of hydrogen-bond acceptors (Lipinski definition) is 3. The summed E-state index contributed by atoms with van der Waals surface area (Å²) in [6.07, 6.45) is 5.91. The summed E-state index contributed by atoms with van der Waals surface area (Å²) in [4.78, 5) is 26.9. The summed E-state index contributed by atoms with van der Waals surface area (Å²) in [5.74, 6) is 0.181. The van der Waals surface area contributed by atoms with Crippen LogP contribution in [0, 0.1) is 0 Å². The summed E-state index contributed by atoms with van der Waals surface area (Å²) in [6.45, 7) is 1.33. The molecule has 1 saturated heterocycles. The van der Waals surface area contributed by atoms with Crippen molar-refractivity contribution in [1.82, 2.24) is 14.7 Å². The van der Waals surface area contributed by atoms with Crippen molar-refractivity contribution in [1.29, 1.82) is 0 Å². The summed E-state index contributed by atoms with van der Waals surface area (Å²) < 4.78 is 1.77. The van der Waals surface area contributed by atoms with Gasteiger partial charge >= 0.3 is 0 Å². The predicted octanol–water partition coefficient (Wildman–Crippen LogP) is 3.41. The highest BCUT2D eigenvalue weighted by Crippen LogP contribution is 2.23. The van der Waals surface area contributed by atoms with Crippen molar-refractivity contribution in [2.75, 3.05) is 6.54 Å². The Bertz CT molecular complexity index is 1010. The van der Waals surface area contributed by atoms with Crippen LogP contribution in [0.5, 0.6) is 0 Å². The van der Waals surface area contributed by atoms with Crippen molar-refractivity contribution in [2.24, 2.45) is 0 Å². The average molecular weight is 375 g/mol. The van der Waals surface area contributed by atoms with Crippen LogP contribution in [-0.4, -0.2) is 33.2 Å². The number of hydrogen-bond donors (Lipinski definition) is 0. The highest BCUT2D eigenvalue weighted by atomic mass is 16.2. The minimum atomic E-state index is -0.0845. The van der Waals surface area contributed by atoms with E-state index in [9.17, 15) is 9.59 Å². The monoisotopic (exact) mass is 375 g/mol. The van der Waals surface area contributed by atoms with Crippen LogP contribution in [0.15, 0.2) is 65.6 Å². The number of nitrogens with zero attached hydrogens (tertiary/aromatic N) is 3. The molecule has 1 fully saturated rings. The first-order chi connectivity index (χ1) is 13.7. The van der Waals surface area contributed by atoms with Crippen molar-refractivity contribution >= 4 is 16.8 Å². The van der Waals surface area contributed by atoms with Gasteiger partial charge in [-0.3, -0.25) is 14.3 Å². The lowest BCUT2D eigenvalue weighted by atomic mass is 10.0. The van der Waals surface area contributed by atoms with Crippen LogP contribution in [0.3, 0.4) is 0 Å². The van der Waals surface area contributed by atoms with Gasteiger partial charge in [-0.25, -0.2) is 0 Å². The van der Waals surface area contributed by atoms with Gasteiger partial charge in [0.2, 0.25) is 11.3 Å². The number of para-hydroxylation sites is 1. The fraction of sp³-hybridized carbons (Fsp3) is 0.348. The zero-order chi connectivity index (χ0) is 19.3. The minimum absolute atomic E-state index is 0.0845. The van der Waals surface area contributed by atoms with Gasteiger partial charge in [0.15, 0.2) is 0 Å². The Morgan fingerprint density at radius 1 is 1.07 bits per heavy atom. The predicted molar refractivity (Wildman–Crippen MR) is 110 cm³/mol. The number of aryl methyl sites for hydroxylation is 2. The Labute approximate surface area is 164 Å². The molecule has 1 aromatic heterocycles. The van der Waals surface area contributed by atoms with Gasteiger partial charge in [0.25, 0.3) is 0 Å². The van der Waals surface area contributed by atoms with Crippen LogP contribution >= 0.6 is 0 Å². The van der Waals surface area contributed by atoms with E-state index in [4.69, 9.17) is 0 Å². The second kappa shape index (κ2) is 8.38. The average Bonchev–Trinajstić information content (AvgIpc) is 3.21. The molecule has 1 atom stereocenters. The Morgan fingerprint density at radius 3 is 2.71 bits per heavy atom. The molecule has 4 rings (SSSR count). The molecule has 1 amide bonds. The van der Waals surface area contributed by atoms with Crippen molar-refractivity contribution in [2.45, 2.75) is 44.7 Å². The van der Waals surface area contributed by atoms with Crippen molar-refractivity contribution in [3.8, 4) is 0 Å². The van der Waals surface area contributed by atoms with E-state index in [0.29, 0.717) is 24.4 Å². The molecule has 28 heavy (non-hydrogen) atoms. The third-order valence-electron chi connectivity index (χ3n) is 5.61. The molecule has 2 aromatic carbocycles. The lowest BCUT2D eigenvalue weighted by Gasteiger charge is -2.25. The number of carbonyl (C=O) groups is 1. The minimum Gasteiger partial charge on any atom is -0.340 e. The summed E-state index contributed by atoms with van der Waals surface area (Å²) >= 11 is 0. The zero-order valence-electron chi connectivity index (χ0n) is 16.0. The Kier molecular flexibility index (Phi) is 5.51. The maximum Gasteiger partial charge on any atom is 0.224 e. The van der Waals surface area contributed by atoms with E-state index in [1.165, 1.54) is 11.8 Å². The molecule has 3 aromatic rings. The first-order valence-electron chi connectivity index (χ1n) is 10.0. The van der Waals surface area contributed by atoms with E-state index >= 15 is 0 Å². The van der Waals surface area contributed by atoms with Crippen LogP contribution in [0.25, 0.3) is 10.9 Å². The van der Waals surface area contributed by atoms with E-state index in [1.807, 2.05) is 29.2 Å². The summed E-state index contributed by atoms with van der Waals surface area (Å²) in [5.41, 5.74) is 2.02. The standard InChI is InChI=1S/C23H25N3O2/c27-22-17-24-26(21-11-5-4-10-20(21)22)16-14-23(28)25-15-6-9-19(25)13-12-18-7-2-1-3-8-18/h1-5,7-8,10-11,17,19H,6,9,12-16H2. The van der Waals surface area contributed by atoms with E-state index in [0.717, 1.165) is 37.7 Å². The fourth-order valence-corrected chi connectivity index (χ4v) is 4.13. The number of amides is 1. The smallest absolute Gasteiger partial charge is 0.224 e. The van der Waals surface area contributed by atoms with Gasteiger partial charge in [-0.05, 0) is 43.4 Å². The number of aromatic nitrogens is 2. The van der Waals surface area contributed by atoms with Gasteiger partial charge in [-0.15, -0.1) is 0 Å². The van der Waals surface area contributed by atoms with Crippen molar-refractivity contribution < 1.29 is 4.79 Å². The Balaban J connectivity index is 1.39. The first kappa shape index (κ1) is 18.4. The quantitative estimate of drug-likeness (QED) is 0.663. The molecule has 0 spiro atoms. The fourth-order valence-electron chi connectivity index (χ4n) is 4.13. The van der Waals surface area contributed by atoms with Crippen molar-refractivity contribution in [3.63, 3.8) is 0 Å². The van der Waals surface area contributed by atoms with Gasteiger partial charge in [0.05, 0.1) is 18.3 Å². The molecular weight excluding hydrogens is 350 g/mol. The molecule has 0 saturated carbocycles.